The molecule has 0 bridgehead atoms. The molecular weight excluding hydrogens is 242 g/mol. The first-order valence-corrected chi connectivity index (χ1v) is 6.85. The van der Waals surface area contributed by atoms with Crippen LogP contribution in [0.1, 0.15) is 20.3 Å². The number of carbonyl (C=O) groups excluding carboxylic acids is 1. The molecule has 2 rings (SSSR count). The highest BCUT2D eigenvalue weighted by Gasteiger charge is 2.16. The lowest BCUT2D eigenvalue weighted by atomic mass is 10.3. The summed E-state index contributed by atoms with van der Waals surface area (Å²) in [6.07, 6.45) is 2.29. The van der Waals surface area contributed by atoms with E-state index in [4.69, 9.17) is 4.74 Å². The summed E-state index contributed by atoms with van der Waals surface area (Å²) in [5.74, 6) is 1.06. The van der Waals surface area contributed by atoms with Crippen molar-refractivity contribution >= 4 is 17.4 Å². The minimum absolute atomic E-state index is 0.140. The summed E-state index contributed by atoms with van der Waals surface area (Å²) < 4.78 is 5.34. The van der Waals surface area contributed by atoms with Crippen molar-refractivity contribution in [3.8, 4) is 0 Å². The number of ether oxygens (including phenoxy) is 1. The highest BCUT2D eigenvalue weighted by Crippen LogP contribution is 2.21. The van der Waals surface area contributed by atoms with E-state index in [-0.39, 0.29) is 5.91 Å². The van der Waals surface area contributed by atoms with Gasteiger partial charge < -0.3 is 14.5 Å². The van der Waals surface area contributed by atoms with Gasteiger partial charge in [-0.15, -0.1) is 0 Å². The summed E-state index contributed by atoms with van der Waals surface area (Å²) in [5.41, 5.74) is 0.922. The molecule has 0 saturated carbocycles. The van der Waals surface area contributed by atoms with Crippen molar-refractivity contribution in [1.82, 2.24) is 4.98 Å². The molecule has 1 fully saturated rings. The Balaban J connectivity index is 2.19. The van der Waals surface area contributed by atoms with Crippen LogP contribution in [0.15, 0.2) is 18.3 Å². The zero-order valence-corrected chi connectivity index (χ0v) is 11.6. The smallest absolute Gasteiger partial charge is 0.226 e. The topological polar surface area (TPSA) is 45.7 Å². The van der Waals surface area contributed by atoms with Gasteiger partial charge in [0, 0.05) is 44.0 Å². The lowest BCUT2D eigenvalue weighted by Gasteiger charge is -2.29. The predicted octanol–water partition coefficient (Wildman–Crippen LogP) is 1.68. The Morgan fingerprint density at radius 3 is 2.79 bits per heavy atom. The van der Waals surface area contributed by atoms with E-state index >= 15 is 0 Å². The molecule has 19 heavy (non-hydrogen) atoms. The second-order valence-electron chi connectivity index (χ2n) is 4.46. The van der Waals surface area contributed by atoms with Gasteiger partial charge in [0.2, 0.25) is 5.91 Å². The summed E-state index contributed by atoms with van der Waals surface area (Å²) >= 11 is 0. The van der Waals surface area contributed by atoms with E-state index in [1.165, 1.54) is 0 Å². The first-order chi connectivity index (χ1) is 9.26. The second-order valence-corrected chi connectivity index (χ2v) is 4.46. The lowest BCUT2D eigenvalue weighted by Crippen LogP contribution is -2.37. The van der Waals surface area contributed by atoms with Crippen molar-refractivity contribution in [3.05, 3.63) is 18.3 Å². The van der Waals surface area contributed by atoms with Gasteiger partial charge in [0.15, 0.2) is 0 Å². The number of rotatable bonds is 4. The van der Waals surface area contributed by atoms with Crippen LogP contribution in [-0.4, -0.2) is 43.7 Å². The average molecular weight is 263 g/mol. The second kappa shape index (κ2) is 6.52. The number of anilines is 2. The van der Waals surface area contributed by atoms with Crippen molar-refractivity contribution in [1.29, 1.82) is 0 Å². The summed E-state index contributed by atoms with van der Waals surface area (Å²) in [7, 11) is 0. The molecule has 0 atom stereocenters. The van der Waals surface area contributed by atoms with Crippen LogP contribution < -0.4 is 9.80 Å². The van der Waals surface area contributed by atoms with Gasteiger partial charge in [-0.3, -0.25) is 4.79 Å². The molecule has 0 spiro atoms. The maximum atomic E-state index is 11.9. The molecular formula is C14H21N3O2. The van der Waals surface area contributed by atoms with Gasteiger partial charge in [0.05, 0.1) is 13.2 Å². The molecule has 5 heteroatoms. The number of nitrogens with zero attached hydrogens (tertiary/aromatic N) is 3. The van der Waals surface area contributed by atoms with Crippen molar-refractivity contribution in [2.24, 2.45) is 0 Å². The van der Waals surface area contributed by atoms with Crippen LogP contribution in [0.5, 0.6) is 0 Å². The van der Waals surface area contributed by atoms with Gasteiger partial charge in [-0.25, -0.2) is 4.98 Å². The molecule has 1 aromatic heterocycles. The Labute approximate surface area is 114 Å². The van der Waals surface area contributed by atoms with Gasteiger partial charge in [0.25, 0.3) is 0 Å². The predicted molar refractivity (Wildman–Crippen MR) is 75.6 cm³/mol. The average Bonchev–Trinajstić information content (AvgIpc) is 2.49. The molecule has 1 aliphatic heterocycles. The third kappa shape index (κ3) is 3.23. The fraction of sp³-hybridized carbons (Fsp3) is 0.571. The van der Waals surface area contributed by atoms with Crippen molar-refractivity contribution in [2.75, 3.05) is 42.6 Å². The largest absolute Gasteiger partial charge is 0.378 e. The summed E-state index contributed by atoms with van der Waals surface area (Å²) in [4.78, 5) is 20.3. The Hall–Kier alpha value is -1.62. The third-order valence-corrected chi connectivity index (χ3v) is 3.30. The number of pyridine rings is 1. The van der Waals surface area contributed by atoms with Gasteiger partial charge in [-0.05, 0) is 13.0 Å². The third-order valence-electron chi connectivity index (χ3n) is 3.30. The Morgan fingerprint density at radius 2 is 2.16 bits per heavy atom. The van der Waals surface area contributed by atoms with Gasteiger partial charge >= 0.3 is 0 Å². The summed E-state index contributed by atoms with van der Waals surface area (Å²) in [6.45, 7) is 7.72. The number of carbonyl (C=O) groups is 1. The summed E-state index contributed by atoms with van der Waals surface area (Å²) in [6, 6.07) is 3.88. The molecule has 1 saturated heterocycles. The Kier molecular flexibility index (Phi) is 4.74. The lowest BCUT2D eigenvalue weighted by molar-refractivity contribution is -0.118. The van der Waals surface area contributed by atoms with E-state index in [9.17, 15) is 4.79 Å². The van der Waals surface area contributed by atoms with Gasteiger partial charge in [-0.2, -0.15) is 0 Å². The van der Waals surface area contributed by atoms with Crippen LogP contribution >= 0.6 is 0 Å². The first kappa shape index (κ1) is 13.8. The monoisotopic (exact) mass is 263 g/mol. The van der Waals surface area contributed by atoms with Crippen LogP contribution in [-0.2, 0) is 9.53 Å². The van der Waals surface area contributed by atoms with Crippen LogP contribution in [0.3, 0.4) is 0 Å². The molecule has 0 aromatic carbocycles. The van der Waals surface area contributed by atoms with E-state index < -0.39 is 0 Å². The minimum atomic E-state index is 0.140. The molecule has 0 radical (unpaired) electrons. The number of hydrogen-bond acceptors (Lipinski definition) is 4. The molecule has 104 valence electrons. The summed E-state index contributed by atoms with van der Waals surface area (Å²) in [5, 5.41) is 0. The Morgan fingerprint density at radius 1 is 1.42 bits per heavy atom. The molecule has 0 aliphatic carbocycles. The number of amides is 1. The molecule has 5 nitrogen and oxygen atoms in total. The number of aromatic nitrogens is 1. The first-order valence-electron chi connectivity index (χ1n) is 6.85. The SMILES string of the molecule is CCC(=O)N(CC)c1ccnc(N2CCOCC2)c1. The van der Waals surface area contributed by atoms with E-state index in [2.05, 4.69) is 9.88 Å². The zero-order valence-electron chi connectivity index (χ0n) is 11.6. The van der Waals surface area contributed by atoms with E-state index in [1.807, 2.05) is 26.0 Å². The van der Waals surface area contributed by atoms with Crippen LogP contribution in [0.2, 0.25) is 0 Å². The van der Waals surface area contributed by atoms with Crippen LogP contribution in [0.4, 0.5) is 11.5 Å². The zero-order chi connectivity index (χ0) is 13.7. The molecule has 2 heterocycles. The van der Waals surface area contributed by atoms with Gasteiger partial charge in [-0.1, -0.05) is 6.92 Å². The van der Waals surface area contributed by atoms with E-state index in [0.29, 0.717) is 13.0 Å². The highest BCUT2D eigenvalue weighted by atomic mass is 16.5. The maximum Gasteiger partial charge on any atom is 0.226 e. The molecule has 1 aromatic rings. The molecule has 1 amide bonds. The van der Waals surface area contributed by atoms with Crippen molar-refractivity contribution < 1.29 is 9.53 Å². The highest BCUT2D eigenvalue weighted by molar-refractivity contribution is 5.93. The van der Waals surface area contributed by atoms with Crippen molar-refractivity contribution in [2.45, 2.75) is 20.3 Å². The van der Waals surface area contributed by atoms with E-state index in [1.54, 1.807) is 11.1 Å². The normalized spacial score (nSPS) is 15.4. The Bertz CT molecular complexity index is 430. The quantitative estimate of drug-likeness (QED) is 0.829. The van der Waals surface area contributed by atoms with Crippen LogP contribution in [0.25, 0.3) is 0 Å². The molecule has 1 aliphatic rings. The van der Waals surface area contributed by atoms with E-state index in [0.717, 1.165) is 37.8 Å². The molecule has 0 N–H and O–H groups in total. The number of hydrogen-bond donors (Lipinski definition) is 0. The fourth-order valence-electron chi connectivity index (χ4n) is 2.23. The van der Waals surface area contributed by atoms with Crippen LogP contribution in [0, 0.1) is 0 Å². The van der Waals surface area contributed by atoms with Gasteiger partial charge in [0.1, 0.15) is 5.82 Å². The standard InChI is InChI=1S/C14H21N3O2/c1-3-14(18)17(4-2)12-5-6-15-13(11-12)16-7-9-19-10-8-16/h5-6,11H,3-4,7-10H2,1-2H3. The minimum Gasteiger partial charge on any atom is -0.378 e. The maximum absolute atomic E-state index is 11.9. The molecule has 0 unspecified atom stereocenters. The van der Waals surface area contributed by atoms with Crippen molar-refractivity contribution in [3.63, 3.8) is 0 Å². The number of morpholine rings is 1. The fourth-order valence-corrected chi connectivity index (χ4v) is 2.23.